The van der Waals surface area contributed by atoms with Crippen LogP contribution in [-0.2, 0) is 9.22 Å². The quantitative estimate of drug-likeness (QED) is 0.465. The maximum absolute atomic E-state index is 13.4. The summed E-state index contributed by atoms with van der Waals surface area (Å²) in [5.74, 6) is -0.0456. The van der Waals surface area contributed by atoms with Crippen molar-refractivity contribution in [3.63, 3.8) is 0 Å². The zero-order valence-electron chi connectivity index (χ0n) is 18.2. The molecule has 0 aromatic heterocycles. The van der Waals surface area contributed by atoms with Gasteiger partial charge in [-0.05, 0) is 43.1 Å². The van der Waals surface area contributed by atoms with Crippen LogP contribution in [0.1, 0.15) is 43.1 Å². The molecule has 1 radical (unpaired) electrons. The van der Waals surface area contributed by atoms with Crippen LogP contribution in [0, 0.1) is 6.92 Å². The molecule has 0 spiro atoms. The lowest BCUT2D eigenvalue weighted by Crippen LogP contribution is -2.57. The molecule has 6 nitrogen and oxygen atoms in total. The van der Waals surface area contributed by atoms with Crippen molar-refractivity contribution in [3.05, 3.63) is 35.4 Å². The van der Waals surface area contributed by atoms with Gasteiger partial charge in [0.2, 0.25) is 0 Å². The topological polar surface area (TPSA) is 70.1 Å². The van der Waals surface area contributed by atoms with E-state index >= 15 is 0 Å². The number of rotatable bonds is 4. The molecule has 1 aromatic rings. The number of anilines is 1. The number of phenols is 1. The smallest absolute Gasteiger partial charge is 0.331 e. The van der Waals surface area contributed by atoms with Gasteiger partial charge in [0.15, 0.2) is 8.32 Å². The fraction of sp³-hybridized carbons (Fsp3) is 0.524. The third kappa shape index (κ3) is 3.75. The van der Waals surface area contributed by atoms with Gasteiger partial charge in [-0.25, -0.2) is 0 Å². The first-order chi connectivity index (χ1) is 13.4. The van der Waals surface area contributed by atoms with Gasteiger partial charge in [-0.3, -0.25) is 4.79 Å². The van der Waals surface area contributed by atoms with Crippen LogP contribution in [0.25, 0.3) is 0 Å². The Balaban J connectivity index is 2.20. The maximum Gasteiger partial charge on any atom is 0.331 e. The Morgan fingerprint density at radius 2 is 2.00 bits per heavy atom. The van der Waals surface area contributed by atoms with Crippen molar-refractivity contribution >= 4 is 33.5 Å². The Morgan fingerprint density at radius 3 is 2.59 bits per heavy atom. The highest BCUT2D eigenvalue weighted by Crippen LogP contribution is 2.43. The third-order valence-corrected chi connectivity index (χ3v) is 10.9. The van der Waals surface area contributed by atoms with E-state index in [2.05, 4.69) is 40.4 Å². The Bertz CT molecular complexity index is 865. The number of nitrogens with zero attached hydrogens (tertiary/aromatic N) is 2. The molecule has 3 rings (SSSR count). The predicted molar refractivity (Wildman–Crippen MR) is 118 cm³/mol. The van der Waals surface area contributed by atoms with Crippen LogP contribution in [0.3, 0.4) is 0 Å². The first-order valence-electron chi connectivity index (χ1n) is 9.93. The molecule has 0 bridgehead atoms. The molecule has 0 saturated carbocycles. The van der Waals surface area contributed by atoms with Crippen LogP contribution in [0.15, 0.2) is 24.3 Å². The van der Waals surface area contributed by atoms with E-state index in [0.29, 0.717) is 36.0 Å². The zero-order valence-corrected chi connectivity index (χ0v) is 19.2. The maximum atomic E-state index is 13.4. The molecule has 2 atom stereocenters. The van der Waals surface area contributed by atoms with Gasteiger partial charge < -0.3 is 24.0 Å². The van der Waals surface area contributed by atoms with Crippen molar-refractivity contribution in [1.82, 2.24) is 4.90 Å². The van der Waals surface area contributed by atoms with Crippen LogP contribution in [0.5, 0.6) is 5.75 Å². The minimum atomic E-state index is -2.24. The summed E-state index contributed by atoms with van der Waals surface area (Å²) in [6.07, 6.45) is 0.785. The molecule has 8 heteroatoms. The summed E-state index contributed by atoms with van der Waals surface area (Å²) in [5, 5.41) is 10.3. The average molecular weight is 413 g/mol. The second-order valence-electron chi connectivity index (χ2n) is 9.57. The molecule has 1 aromatic carbocycles. The summed E-state index contributed by atoms with van der Waals surface area (Å²) in [5.41, 5.74) is 2.53. The molecule has 2 heterocycles. The average Bonchev–Trinajstić information content (AvgIpc) is 2.97. The SMILES string of the molecule is C=C1C[C@H]2[C@H](O[Si](C)(C)C(C)(C)C)N([B]C=O)c3cc(O)c(C)cc3C(=O)N2C1. The predicted octanol–water partition coefficient (Wildman–Crippen LogP) is 3.45. The fourth-order valence-electron chi connectivity index (χ4n) is 3.70. The molecule has 155 valence electrons. The lowest BCUT2D eigenvalue weighted by Gasteiger charge is -2.45. The van der Waals surface area contributed by atoms with Gasteiger partial charge >= 0.3 is 7.41 Å². The Labute approximate surface area is 174 Å². The number of fused-ring (bicyclic) bond motifs is 2. The van der Waals surface area contributed by atoms with Gasteiger partial charge in [-0.1, -0.05) is 32.9 Å². The van der Waals surface area contributed by atoms with Crippen molar-refractivity contribution in [2.45, 2.75) is 64.5 Å². The number of aryl methyl sites for hydroxylation is 1. The summed E-state index contributed by atoms with van der Waals surface area (Å²) >= 11 is 0. The molecule has 29 heavy (non-hydrogen) atoms. The summed E-state index contributed by atoms with van der Waals surface area (Å²) in [6, 6.07) is 2.99. The van der Waals surface area contributed by atoms with Gasteiger partial charge in [0.1, 0.15) is 18.2 Å². The molecule has 1 saturated heterocycles. The van der Waals surface area contributed by atoms with Gasteiger partial charge in [0.05, 0.1) is 11.6 Å². The first-order valence-corrected chi connectivity index (χ1v) is 12.8. The summed E-state index contributed by atoms with van der Waals surface area (Å²) in [7, 11) is -0.837. The number of aromatic hydroxyl groups is 1. The number of hydrogen-bond donors (Lipinski definition) is 1. The highest BCUT2D eigenvalue weighted by atomic mass is 28.4. The number of hydrogen-bond acceptors (Lipinski definition) is 5. The lowest BCUT2D eigenvalue weighted by atomic mass is 9.90. The molecular weight excluding hydrogens is 383 g/mol. The second-order valence-corrected chi connectivity index (χ2v) is 14.3. The van der Waals surface area contributed by atoms with E-state index in [9.17, 15) is 14.7 Å². The van der Waals surface area contributed by atoms with Crippen LogP contribution < -0.4 is 4.81 Å². The Hall–Kier alpha value is -2.06. The lowest BCUT2D eigenvalue weighted by molar-refractivity contribution is 0.0576. The fourth-order valence-corrected chi connectivity index (χ4v) is 4.93. The van der Waals surface area contributed by atoms with Gasteiger partial charge in [0.25, 0.3) is 5.91 Å². The van der Waals surface area contributed by atoms with Crippen molar-refractivity contribution in [1.29, 1.82) is 0 Å². The van der Waals surface area contributed by atoms with Crippen LogP contribution >= 0.6 is 0 Å². The molecule has 2 aliphatic heterocycles. The monoisotopic (exact) mass is 413 g/mol. The molecule has 1 N–H and O–H groups in total. The minimum absolute atomic E-state index is 0.0468. The number of phenolic OH excluding ortho intramolecular Hbond substituents is 1. The van der Waals surface area contributed by atoms with E-state index in [1.54, 1.807) is 28.8 Å². The van der Waals surface area contributed by atoms with Crippen LogP contribution in [0.2, 0.25) is 18.1 Å². The van der Waals surface area contributed by atoms with Crippen LogP contribution in [-0.4, -0.2) is 56.6 Å². The number of carbonyl (C=O) groups is 2. The zero-order chi connectivity index (χ0) is 21.7. The number of amides is 1. The summed E-state index contributed by atoms with van der Waals surface area (Å²) < 4.78 is 6.78. The van der Waals surface area contributed by atoms with Gasteiger partial charge in [0, 0.05) is 18.3 Å². The third-order valence-electron chi connectivity index (χ3n) is 6.42. The van der Waals surface area contributed by atoms with Gasteiger partial charge in [-0.2, -0.15) is 0 Å². The van der Waals surface area contributed by atoms with Gasteiger partial charge in [-0.15, -0.1) is 0 Å². The van der Waals surface area contributed by atoms with Crippen molar-refractivity contribution < 1.29 is 19.1 Å². The van der Waals surface area contributed by atoms with Crippen molar-refractivity contribution in [2.75, 3.05) is 11.4 Å². The van der Waals surface area contributed by atoms with E-state index in [1.165, 1.54) is 7.41 Å². The second kappa shape index (κ2) is 7.32. The van der Waals surface area contributed by atoms with E-state index in [1.807, 2.05) is 0 Å². The van der Waals surface area contributed by atoms with Crippen molar-refractivity contribution in [2.24, 2.45) is 0 Å². The molecule has 0 unspecified atom stereocenters. The first kappa shape index (κ1) is 21.6. The molecule has 1 fully saturated rings. The normalized spacial score (nSPS) is 22.3. The van der Waals surface area contributed by atoms with E-state index in [0.717, 1.165) is 5.57 Å². The molecule has 0 aliphatic carbocycles. The number of benzene rings is 1. The standard InChI is InChI=1S/C21H30BN2O4Si/c1-13-8-17-20(28-29(6,7)21(3,4)5)24(22-12-25)16-10-18(26)14(2)9-15(16)19(27)23(17)11-13/h9-10,12,17,20,26H,1,8,11H2,2-7H3/t17-,20-/m0/s1. The van der Waals surface area contributed by atoms with E-state index in [4.69, 9.17) is 4.43 Å². The molecule has 1 amide bonds. The molecule has 2 aliphatic rings. The van der Waals surface area contributed by atoms with E-state index in [-0.39, 0.29) is 22.7 Å². The number of carbonyl (C=O) groups excluding carboxylic acids is 2. The van der Waals surface area contributed by atoms with Crippen LogP contribution in [0.4, 0.5) is 5.69 Å². The van der Waals surface area contributed by atoms with E-state index < -0.39 is 14.5 Å². The van der Waals surface area contributed by atoms with Crippen molar-refractivity contribution in [3.8, 4) is 5.75 Å². The Morgan fingerprint density at radius 1 is 1.34 bits per heavy atom. The summed E-state index contributed by atoms with van der Waals surface area (Å²) in [4.78, 5) is 28.5. The largest absolute Gasteiger partial charge is 0.508 e. The molecular formula is C21H30BN2O4Si. The highest BCUT2D eigenvalue weighted by Gasteiger charge is 2.48. The minimum Gasteiger partial charge on any atom is -0.508 e. The Kier molecular flexibility index (Phi) is 5.47. The highest BCUT2D eigenvalue weighted by molar-refractivity contribution is 6.74. The summed E-state index contributed by atoms with van der Waals surface area (Å²) in [6.45, 7) is 17.1.